The number of ether oxygens (including phenoxy) is 1. The van der Waals surface area contributed by atoms with Crippen LogP contribution < -0.4 is 4.74 Å². The van der Waals surface area contributed by atoms with Gasteiger partial charge in [0.1, 0.15) is 5.75 Å². The molecule has 2 unspecified atom stereocenters. The van der Waals surface area contributed by atoms with Crippen molar-refractivity contribution in [1.29, 1.82) is 0 Å². The summed E-state index contributed by atoms with van der Waals surface area (Å²) in [5.74, 6) is -2.17. The minimum atomic E-state index is -1.56. The highest BCUT2D eigenvalue weighted by Gasteiger charge is 2.69. The molecule has 1 spiro atoms. The summed E-state index contributed by atoms with van der Waals surface area (Å²) in [5.41, 5.74) is 2.98. The Balaban J connectivity index is 1.13. The number of benzene rings is 2. The van der Waals surface area contributed by atoms with E-state index in [2.05, 4.69) is 32.6 Å². The number of nitrogens with zero attached hydrogens (tertiary/aromatic N) is 2. The molecule has 0 amide bonds. The molecule has 0 aromatic heterocycles. The second kappa shape index (κ2) is 10.4. The molecule has 0 N–H and O–H groups in total. The molecule has 3 heterocycles. The van der Waals surface area contributed by atoms with Crippen LogP contribution in [0, 0.1) is 16.7 Å². The fourth-order valence-corrected chi connectivity index (χ4v) is 9.84. The van der Waals surface area contributed by atoms with Gasteiger partial charge in [-0.3, -0.25) is 28.9 Å². The van der Waals surface area contributed by atoms with E-state index in [-0.39, 0.29) is 40.0 Å². The summed E-state index contributed by atoms with van der Waals surface area (Å²) in [5, 5.41) is 0. The van der Waals surface area contributed by atoms with Gasteiger partial charge < -0.3 is 9.64 Å². The van der Waals surface area contributed by atoms with Crippen LogP contribution in [-0.4, -0.2) is 64.1 Å². The summed E-state index contributed by atoms with van der Waals surface area (Å²) in [6, 6.07) is 13.9. The van der Waals surface area contributed by atoms with E-state index in [9.17, 15) is 24.0 Å². The molecule has 3 aliphatic heterocycles. The van der Waals surface area contributed by atoms with Crippen LogP contribution in [-0.2, 0) is 14.4 Å². The molecule has 2 fully saturated rings. The van der Waals surface area contributed by atoms with Crippen molar-refractivity contribution in [2.45, 2.75) is 90.1 Å². The molecule has 0 radical (unpaired) electrons. The van der Waals surface area contributed by atoms with E-state index in [4.69, 9.17) is 4.74 Å². The molecule has 2 aromatic rings. The number of carbonyl (C=O) groups is 5. The fraction of sp³-hybridized carbons (Fsp3) is 0.475. The molecular weight excluding hydrogens is 604 g/mol. The molecule has 0 saturated carbocycles. The van der Waals surface area contributed by atoms with Crippen LogP contribution in [0.5, 0.6) is 5.75 Å². The Morgan fingerprint density at radius 1 is 0.771 bits per heavy atom. The van der Waals surface area contributed by atoms with Gasteiger partial charge in [0.2, 0.25) is 0 Å². The Morgan fingerprint density at radius 2 is 1.31 bits per heavy atom. The molecule has 2 aromatic carbocycles. The Labute approximate surface area is 281 Å². The maximum atomic E-state index is 14.0. The number of hydrogen-bond acceptors (Lipinski definition) is 8. The maximum Gasteiger partial charge on any atom is 0.317 e. The number of esters is 1. The van der Waals surface area contributed by atoms with E-state index in [1.54, 1.807) is 36.4 Å². The van der Waals surface area contributed by atoms with Crippen LogP contribution in [0.4, 0.5) is 0 Å². The van der Waals surface area contributed by atoms with E-state index in [1.165, 1.54) is 0 Å². The summed E-state index contributed by atoms with van der Waals surface area (Å²) in [4.78, 5) is 73.8. The molecule has 6 aliphatic rings. The van der Waals surface area contributed by atoms with Gasteiger partial charge in [-0.05, 0) is 67.2 Å². The van der Waals surface area contributed by atoms with E-state index in [1.807, 2.05) is 24.1 Å². The molecule has 0 bridgehead atoms. The lowest BCUT2D eigenvalue weighted by atomic mass is 9.64. The third-order valence-electron chi connectivity index (χ3n) is 11.8. The molecule has 48 heavy (non-hydrogen) atoms. The van der Waals surface area contributed by atoms with Crippen LogP contribution in [0.2, 0.25) is 0 Å². The first-order valence-corrected chi connectivity index (χ1v) is 17.3. The highest BCUT2D eigenvalue weighted by molar-refractivity contribution is 6.34. The topological polar surface area (TPSA) is 101 Å². The van der Waals surface area contributed by atoms with Gasteiger partial charge in [-0.15, -0.1) is 0 Å². The maximum absolute atomic E-state index is 14.0. The van der Waals surface area contributed by atoms with Gasteiger partial charge in [-0.25, -0.2) is 0 Å². The molecule has 8 heteroatoms. The number of rotatable bonds is 3. The third-order valence-corrected chi connectivity index (χ3v) is 11.8. The van der Waals surface area contributed by atoms with Crippen molar-refractivity contribution in [1.82, 2.24) is 9.80 Å². The van der Waals surface area contributed by atoms with Gasteiger partial charge in [0.25, 0.3) is 0 Å². The lowest BCUT2D eigenvalue weighted by molar-refractivity contribution is -0.140. The van der Waals surface area contributed by atoms with Crippen molar-refractivity contribution in [3.05, 3.63) is 87.8 Å². The van der Waals surface area contributed by atoms with Crippen molar-refractivity contribution in [3.63, 3.8) is 0 Å². The van der Waals surface area contributed by atoms with Gasteiger partial charge in [-0.1, -0.05) is 64.1 Å². The normalized spacial score (nSPS) is 27.4. The summed E-state index contributed by atoms with van der Waals surface area (Å²) >= 11 is 0. The SMILES string of the molecule is CN1C2=C(C(=O)CC(C)(C)C2)C(c2ccc(OC(=O)C3CC4CCCN4C34C(=O)c3ccccc3C4=O)cc2)C2=C1CC(C)(C)CC2=O. The van der Waals surface area contributed by atoms with Gasteiger partial charge >= 0.3 is 5.97 Å². The van der Waals surface area contributed by atoms with Crippen LogP contribution in [0.3, 0.4) is 0 Å². The van der Waals surface area contributed by atoms with Crippen molar-refractivity contribution in [2.24, 2.45) is 16.7 Å². The number of hydrogen-bond donors (Lipinski definition) is 0. The lowest BCUT2D eigenvalue weighted by Gasteiger charge is -2.47. The Morgan fingerprint density at radius 3 is 1.85 bits per heavy atom. The standard InChI is InChI=1S/C40H42N2O6/c1-38(2)18-28-33(30(43)20-38)32(34-29(41(28)5)19-39(3,4)21-31(34)44)22-12-14-24(15-13-22)48-37(47)27-17-23-9-8-16-42(23)40(27)35(45)25-10-6-7-11-26(25)36(40)46/h6-7,10-15,23,27,32H,8-9,16-21H2,1-5H3. The van der Waals surface area contributed by atoms with E-state index in [0.717, 1.165) is 42.6 Å². The summed E-state index contributed by atoms with van der Waals surface area (Å²) in [6.07, 6.45) is 4.40. The average Bonchev–Trinajstić information content (AvgIpc) is 3.67. The first kappa shape index (κ1) is 31.1. The van der Waals surface area contributed by atoms with Crippen LogP contribution >= 0.6 is 0 Å². The van der Waals surface area contributed by atoms with Crippen molar-refractivity contribution < 1.29 is 28.7 Å². The van der Waals surface area contributed by atoms with Gasteiger partial charge in [-0.2, -0.15) is 0 Å². The molecule has 2 saturated heterocycles. The number of fused-ring (bicyclic) bond motifs is 3. The molecule has 8 rings (SSSR count). The van der Waals surface area contributed by atoms with Gasteiger partial charge in [0.05, 0.1) is 5.92 Å². The lowest BCUT2D eigenvalue weighted by Crippen LogP contribution is -2.59. The zero-order chi connectivity index (χ0) is 33.9. The molecule has 3 aliphatic carbocycles. The van der Waals surface area contributed by atoms with Crippen LogP contribution in [0.25, 0.3) is 0 Å². The Kier molecular flexibility index (Phi) is 6.75. The molecular formula is C40H42N2O6. The van der Waals surface area contributed by atoms with Crippen molar-refractivity contribution in [3.8, 4) is 5.75 Å². The Hall–Kier alpha value is -4.17. The predicted octanol–water partition coefficient (Wildman–Crippen LogP) is 6.21. The van der Waals surface area contributed by atoms with E-state index in [0.29, 0.717) is 53.8 Å². The first-order chi connectivity index (χ1) is 22.7. The van der Waals surface area contributed by atoms with Crippen molar-refractivity contribution >= 4 is 29.1 Å². The zero-order valence-electron chi connectivity index (χ0n) is 28.4. The highest BCUT2D eigenvalue weighted by Crippen LogP contribution is 2.55. The van der Waals surface area contributed by atoms with Crippen LogP contribution in [0.1, 0.15) is 105 Å². The van der Waals surface area contributed by atoms with Gasteiger partial charge in [0, 0.05) is 65.5 Å². The minimum Gasteiger partial charge on any atom is -0.426 e. The van der Waals surface area contributed by atoms with Gasteiger partial charge in [0.15, 0.2) is 28.7 Å². The van der Waals surface area contributed by atoms with E-state index < -0.39 is 23.3 Å². The summed E-state index contributed by atoms with van der Waals surface area (Å²) in [6.45, 7) is 9.05. The summed E-state index contributed by atoms with van der Waals surface area (Å²) < 4.78 is 5.98. The highest BCUT2D eigenvalue weighted by atomic mass is 16.5. The molecule has 2 atom stereocenters. The second-order valence-electron chi connectivity index (χ2n) is 16.3. The third kappa shape index (κ3) is 4.34. The van der Waals surface area contributed by atoms with Crippen LogP contribution in [0.15, 0.2) is 71.1 Å². The minimum absolute atomic E-state index is 0.0301. The van der Waals surface area contributed by atoms with Crippen molar-refractivity contribution in [2.75, 3.05) is 13.6 Å². The fourth-order valence-electron chi connectivity index (χ4n) is 9.84. The zero-order valence-corrected chi connectivity index (χ0v) is 28.4. The quantitative estimate of drug-likeness (QED) is 0.221. The average molecular weight is 647 g/mol. The Bertz CT molecular complexity index is 1810. The summed E-state index contributed by atoms with van der Waals surface area (Å²) in [7, 11) is 1.99. The smallest absolute Gasteiger partial charge is 0.317 e. The largest absolute Gasteiger partial charge is 0.426 e. The predicted molar refractivity (Wildman–Crippen MR) is 178 cm³/mol. The number of ketones is 4. The number of allylic oxidation sites excluding steroid dienone is 4. The number of Topliss-reactive ketones (excluding diaryl/α,β-unsaturated/α-hetero) is 4. The monoisotopic (exact) mass is 646 g/mol. The van der Waals surface area contributed by atoms with E-state index >= 15 is 0 Å². The number of carbonyl (C=O) groups excluding carboxylic acids is 5. The second-order valence-corrected chi connectivity index (χ2v) is 16.3. The first-order valence-electron chi connectivity index (χ1n) is 17.3. The molecule has 248 valence electrons. The molecule has 8 nitrogen and oxygen atoms in total.